The molecule has 1 aliphatic carbocycles. The molecule has 2 aromatic carbocycles. The summed E-state index contributed by atoms with van der Waals surface area (Å²) in [5.41, 5.74) is 4.57. The molecule has 7 heteroatoms. The van der Waals surface area contributed by atoms with Crippen molar-refractivity contribution in [1.29, 1.82) is 0 Å². The van der Waals surface area contributed by atoms with Crippen molar-refractivity contribution in [3.8, 4) is 11.1 Å². The fraction of sp³-hybridized carbons (Fsp3) is 0.400. The zero-order chi connectivity index (χ0) is 23.3. The zero-order valence-corrected chi connectivity index (χ0v) is 18.6. The van der Waals surface area contributed by atoms with Crippen molar-refractivity contribution in [2.75, 3.05) is 13.2 Å². The molecule has 0 heterocycles. The van der Waals surface area contributed by atoms with Gasteiger partial charge in [0.05, 0.1) is 5.92 Å². The first-order valence-electron chi connectivity index (χ1n) is 10.9. The monoisotopic (exact) mass is 438 g/mol. The molecule has 0 bridgehead atoms. The highest BCUT2D eigenvalue weighted by Gasteiger charge is 2.29. The van der Waals surface area contributed by atoms with Gasteiger partial charge in [0.2, 0.25) is 5.91 Å². The topological polar surface area (TPSA) is 105 Å². The van der Waals surface area contributed by atoms with Gasteiger partial charge in [0, 0.05) is 24.9 Å². The largest absolute Gasteiger partial charge is 0.481 e. The number of hydrogen-bond acceptors (Lipinski definition) is 4. The van der Waals surface area contributed by atoms with Crippen LogP contribution in [0.4, 0.5) is 4.79 Å². The van der Waals surface area contributed by atoms with E-state index in [0.717, 1.165) is 22.3 Å². The quantitative estimate of drug-likeness (QED) is 0.553. The maximum absolute atomic E-state index is 12.3. The summed E-state index contributed by atoms with van der Waals surface area (Å²) < 4.78 is 5.49. The van der Waals surface area contributed by atoms with Crippen molar-refractivity contribution in [3.63, 3.8) is 0 Å². The molecule has 0 aromatic heterocycles. The number of carboxylic acid groups (broad SMARTS) is 1. The van der Waals surface area contributed by atoms with Gasteiger partial charge in [-0.05, 0) is 35.1 Å². The number of alkyl carbamates (subject to hydrolysis) is 1. The van der Waals surface area contributed by atoms with Gasteiger partial charge in [-0.25, -0.2) is 4.79 Å². The predicted molar refractivity (Wildman–Crippen MR) is 121 cm³/mol. The number of hydrogen-bond donors (Lipinski definition) is 3. The second-order valence-corrected chi connectivity index (χ2v) is 8.57. The van der Waals surface area contributed by atoms with E-state index < -0.39 is 24.0 Å². The Morgan fingerprint density at radius 2 is 1.53 bits per heavy atom. The molecule has 2 amide bonds. The fourth-order valence-electron chi connectivity index (χ4n) is 4.07. The maximum atomic E-state index is 12.3. The molecule has 0 saturated carbocycles. The van der Waals surface area contributed by atoms with Gasteiger partial charge in [-0.2, -0.15) is 0 Å². The molecule has 2 atom stereocenters. The van der Waals surface area contributed by atoms with E-state index in [9.17, 15) is 19.5 Å². The lowest BCUT2D eigenvalue weighted by Gasteiger charge is -2.19. The van der Waals surface area contributed by atoms with E-state index in [2.05, 4.69) is 34.9 Å². The average molecular weight is 439 g/mol. The molecule has 2 aromatic rings. The van der Waals surface area contributed by atoms with E-state index in [1.807, 2.05) is 24.3 Å². The van der Waals surface area contributed by atoms with Crippen LogP contribution in [0.15, 0.2) is 48.5 Å². The van der Waals surface area contributed by atoms with Gasteiger partial charge in [0.25, 0.3) is 0 Å². The van der Waals surface area contributed by atoms with E-state index in [1.165, 1.54) is 0 Å². The molecule has 7 nitrogen and oxygen atoms in total. The van der Waals surface area contributed by atoms with Gasteiger partial charge in [-0.3, -0.25) is 9.59 Å². The molecule has 0 saturated heterocycles. The lowest BCUT2D eigenvalue weighted by Crippen LogP contribution is -2.40. The molecule has 32 heavy (non-hydrogen) atoms. The molecule has 1 unspecified atom stereocenters. The van der Waals surface area contributed by atoms with E-state index in [4.69, 9.17) is 4.74 Å². The predicted octanol–water partition coefficient (Wildman–Crippen LogP) is 3.78. The Balaban J connectivity index is 1.49. The number of rotatable bonds is 9. The Morgan fingerprint density at radius 1 is 0.969 bits per heavy atom. The number of amides is 2. The van der Waals surface area contributed by atoms with Gasteiger partial charge >= 0.3 is 12.1 Å². The lowest BCUT2D eigenvalue weighted by molar-refractivity contribution is -0.143. The Hall–Kier alpha value is -3.35. The third-order valence-corrected chi connectivity index (χ3v) is 5.84. The summed E-state index contributed by atoms with van der Waals surface area (Å²) in [7, 11) is 0. The number of carbonyl (C=O) groups is 3. The van der Waals surface area contributed by atoms with Crippen LogP contribution >= 0.6 is 0 Å². The normalized spacial score (nSPS) is 14.2. The Kier molecular flexibility index (Phi) is 7.51. The van der Waals surface area contributed by atoms with Crippen LogP contribution in [0.3, 0.4) is 0 Å². The molecule has 3 rings (SSSR count). The van der Waals surface area contributed by atoms with Crippen LogP contribution in [-0.2, 0) is 14.3 Å². The van der Waals surface area contributed by atoms with Crippen LogP contribution in [0.5, 0.6) is 0 Å². The highest BCUT2D eigenvalue weighted by atomic mass is 16.5. The van der Waals surface area contributed by atoms with E-state index in [0.29, 0.717) is 0 Å². The summed E-state index contributed by atoms with van der Waals surface area (Å²) in [5, 5.41) is 14.5. The Bertz CT molecular complexity index is 942. The molecule has 1 aliphatic rings. The van der Waals surface area contributed by atoms with Crippen molar-refractivity contribution in [2.24, 2.45) is 11.8 Å². The van der Waals surface area contributed by atoms with Crippen LogP contribution in [0.1, 0.15) is 44.2 Å². The Labute approximate surface area is 188 Å². The van der Waals surface area contributed by atoms with Crippen molar-refractivity contribution in [2.45, 2.75) is 39.2 Å². The SMILES string of the molecule is CC(C)C(CNC(=O)C[C@H](C)NC(=O)OCC1c2ccccc2-c2ccccc21)C(=O)O. The van der Waals surface area contributed by atoms with Gasteiger partial charge in [0.15, 0.2) is 0 Å². The molecular formula is C25H30N2O5. The molecule has 0 spiro atoms. The summed E-state index contributed by atoms with van der Waals surface area (Å²) in [6.45, 7) is 5.56. The third-order valence-electron chi connectivity index (χ3n) is 5.84. The maximum Gasteiger partial charge on any atom is 0.407 e. The minimum absolute atomic E-state index is 0.0317. The molecule has 0 fully saturated rings. The van der Waals surface area contributed by atoms with E-state index in [1.54, 1.807) is 20.8 Å². The van der Waals surface area contributed by atoms with Crippen molar-refractivity contribution in [3.05, 3.63) is 59.7 Å². The standard InChI is InChI=1S/C25H30N2O5/c1-15(2)21(24(29)30)13-26-23(28)12-16(3)27-25(31)32-14-22-19-10-6-4-8-17(19)18-9-5-7-11-20(18)22/h4-11,15-16,21-22H,12-14H2,1-3H3,(H,26,28)(H,27,31)(H,29,30)/t16-,21?/m0/s1. The minimum atomic E-state index is -0.940. The summed E-state index contributed by atoms with van der Waals surface area (Å²) >= 11 is 0. The highest BCUT2D eigenvalue weighted by molar-refractivity contribution is 5.80. The number of aliphatic carboxylic acids is 1. The van der Waals surface area contributed by atoms with Crippen LogP contribution in [0.25, 0.3) is 11.1 Å². The summed E-state index contributed by atoms with van der Waals surface area (Å²) in [5.74, 6) is -2.03. The van der Waals surface area contributed by atoms with Gasteiger partial charge < -0.3 is 20.5 Å². The number of nitrogens with one attached hydrogen (secondary N) is 2. The van der Waals surface area contributed by atoms with Gasteiger partial charge in [-0.15, -0.1) is 0 Å². The minimum Gasteiger partial charge on any atom is -0.481 e. The second-order valence-electron chi connectivity index (χ2n) is 8.57. The average Bonchev–Trinajstić information content (AvgIpc) is 3.05. The number of carboxylic acids is 1. The summed E-state index contributed by atoms with van der Waals surface area (Å²) in [6.07, 6.45) is -0.549. The van der Waals surface area contributed by atoms with Crippen molar-refractivity contribution in [1.82, 2.24) is 10.6 Å². The van der Waals surface area contributed by atoms with Crippen LogP contribution < -0.4 is 10.6 Å². The van der Waals surface area contributed by atoms with Crippen LogP contribution in [-0.4, -0.2) is 42.3 Å². The zero-order valence-electron chi connectivity index (χ0n) is 18.6. The summed E-state index contributed by atoms with van der Waals surface area (Å²) in [4.78, 5) is 35.7. The lowest BCUT2D eigenvalue weighted by atomic mass is 9.96. The van der Waals surface area contributed by atoms with Crippen molar-refractivity contribution < 1.29 is 24.2 Å². The van der Waals surface area contributed by atoms with Gasteiger partial charge in [0.1, 0.15) is 6.61 Å². The number of carbonyl (C=O) groups excluding carboxylic acids is 2. The fourth-order valence-corrected chi connectivity index (χ4v) is 4.07. The molecular weight excluding hydrogens is 408 g/mol. The number of fused-ring (bicyclic) bond motifs is 3. The highest BCUT2D eigenvalue weighted by Crippen LogP contribution is 2.44. The van der Waals surface area contributed by atoms with E-state index in [-0.39, 0.29) is 37.3 Å². The smallest absolute Gasteiger partial charge is 0.407 e. The van der Waals surface area contributed by atoms with Crippen LogP contribution in [0, 0.1) is 11.8 Å². The second kappa shape index (κ2) is 10.3. The number of benzene rings is 2. The first kappa shape index (κ1) is 23.3. The van der Waals surface area contributed by atoms with E-state index >= 15 is 0 Å². The molecule has 0 aliphatic heterocycles. The first-order valence-corrected chi connectivity index (χ1v) is 10.9. The summed E-state index contributed by atoms with van der Waals surface area (Å²) in [6, 6.07) is 15.8. The van der Waals surface area contributed by atoms with Crippen molar-refractivity contribution >= 4 is 18.0 Å². The van der Waals surface area contributed by atoms with Gasteiger partial charge in [-0.1, -0.05) is 62.4 Å². The van der Waals surface area contributed by atoms with Crippen LogP contribution in [0.2, 0.25) is 0 Å². The number of ether oxygens (including phenoxy) is 1. The molecule has 170 valence electrons. The Morgan fingerprint density at radius 3 is 2.06 bits per heavy atom. The molecule has 3 N–H and O–H groups in total. The third kappa shape index (κ3) is 5.46. The first-order chi connectivity index (χ1) is 15.3. The molecule has 0 radical (unpaired) electrons.